The van der Waals surface area contributed by atoms with Gasteiger partial charge in [0.05, 0.1) is 11.2 Å². The SMILES string of the molecule is [2H]C([2H])([2H])C1(C)c2ccccc2Oc2c(-c3nccc(B4N(c5ccccc5)B(c5ccccc5)N(c5ccccc5)B(c5ccccc5)N4c4ccccc4)n3)cccc21. The molecule has 6 nitrogen and oxygen atoms in total. The average Bonchev–Trinajstić information content (AvgIpc) is 3.31. The third-order valence-electron chi connectivity index (χ3n) is 11.3. The summed E-state index contributed by atoms with van der Waals surface area (Å²) in [6.07, 6.45) is 1.81. The highest BCUT2D eigenvalue weighted by Crippen LogP contribution is 2.50. The van der Waals surface area contributed by atoms with Crippen LogP contribution in [0.3, 0.4) is 0 Å². The molecule has 276 valence electrons. The van der Waals surface area contributed by atoms with Crippen molar-refractivity contribution in [2.24, 2.45) is 0 Å². The number of anilines is 3. The van der Waals surface area contributed by atoms with Gasteiger partial charge in [-0.25, -0.2) is 9.97 Å². The Morgan fingerprint density at radius 2 is 0.966 bits per heavy atom. The Hall–Kier alpha value is -6.99. The van der Waals surface area contributed by atoms with Gasteiger partial charge in [0, 0.05) is 43.9 Å². The minimum Gasteiger partial charge on any atom is -0.456 e. The molecule has 9 heteroatoms. The highest BCUT2D eigenvalue weighted by atomic mass is 16.5. The standard InChI is InChI=1S/C49H40B3N5O/c1-49(2)43-32-18-19-34-45(43)58-47-42(31-20-33-44(47)49)48-53-36-35-46(54-48)52-56(40-27-14-6-15-28-40)50(37-21-8-3-9-22-37)55(39-25-12-5-13-26-39)51(38-23-10-4-11-24-38)57(52)41-29-16-7-17-30-41/h3-36H,1-2H3/i1D3. The Kier molecular flexibility index (Phi) is 8.22. The van der Waals surface area contributed by atoms with Gasteiger partial charge in [-0.2, -0.15) is 0 Å². The highest BCUT2D eigenvalue weighted by Gasteiger charge is 2.56. The molecule has 1 unspecified atom stereocenters. The normalized spacial score (nSPS) is 17.1. The van der Waals surface area contributed by atoms with Crippen molar-refractivity contribution >= 4 is 54.5 Å². The van der Waals surface area contributed by atoms with E-state index in [4.69, 9.17) is 18.8 Å². The summed E-state index contributed by atoms with van der Waals surface area (Å²) in [5.74, 6) is 1.38. The van der Waals surface area contributed by atoms with Crippen molar-refractivity contribution in [3.8, 4) is 22.9 Å². The summed E-state index contributed by atoms with van der Waals surface area (Å²) in [7, 11) is 0. The molecule has 0 bridgehead atoms. The molecule has 1 fully saturated rings. The summed E-state index contributed by atoms with van der Waals surface area (Å²) in [4.78, 5) is 10.4. The Labute approximate surface area is 346 Å². The average molecular weight is 750 g/mol. The lowest BCUT2D eigenvalue weighted by Gasteiger charge is -2.56. The van der Waals surface area contributed by atoms with Crippen LogP contribution in [0.1, 0.15) is 29.0 Å². The van der Waals surface area contributed by atoms with Gasteiger partial charge in [-0.3, -0.25) is 0 Å². The molecule has 0 amide bonds. The number of benzene rings is 7. The van der Waals surface area contributed by atoms with Crippen LogP contribution in [0.4, 0.5) is 17.1 Å². The fraction of sp³-hybridized carbons (Fsp3) is 0.0612. The maximum atomic E-state index is 8.83. The van der Waals surface area contributed by atoms with Gasteiger partial charge >= 0.3 is 20.9 Å². The second kappa shape index (κ2) is 14.8. The number of ether oxygens (including phenoxy) is 1. The van der Waals surface area contributed by atoms with Crippen LogP contribution in [0.2, 0.25) is 0 Å². The molecule has 0 spiro atoms. The lowest BCUT2D eigenvalue weighted by Crippen LogP contribution is -2.86. The molecule has 2 aliphatic heterocycles. The van der Waals surface area contributed by atoms with Gasteiger partial charge in [-0.15, -0.1) is 0 Å². The molecule has 0 N–H and O–H groups in total. The maximum absolute atomic E-state index is 8.83. The molecule has 58 heavy (non-hydrogen) atoms. The first-order valence-electron chi connectivity index (χ1n) is 21.2. The first-order chi connectivity index (χ1) is 29.8. The lowest BCUT2D eigenvalue weighted by molar-refractivity contribution is 0.419. The fourth-order valence-corrected chi connectivity index (χ4v) is 8.72. The molecule has 0 saturated carbocycles. The number of hydrogen-bond donors (Lipinski definition) is 0. The quantitative estimate of drug-likeness (QED) is 0.152. The molecule has 10 rings (SSSR count). The zero-order chi connectivity index (χ0) is 41.6. The minimum absolute atomic E-state index is 0.330. The van der Waals surface area contributed by atoms with E-state index in [1.165, 1.54) is 0 Å². The van der Waals surface area contributed by atoms with Crippen LogP contribution in [0.5, 0.6) is 11.5 Å². The van der Waals surface area contributed by atoms with Gasteiger partial charge in [0.25, 0.3) is 0 Å². The number of hydrogen-bond acceptors (Lipinski definition) is 6. The first kappa shape index (κ1) is 32.1. The van der Waals surface area contributed by atoms with Gasteiger partial charge in [0.1, 0.15) is 11.5 Å². The maximum Gasteiger partial charge on any atom is 0.408 e. The molecule has 0 aliphatic carbocycles. The predicted molar refractivity (Wildman–Crippen MR) is 242 cm³/mol. The molecule has 1 aromatic heterocycles. The molecule has 0 radical (unpaired) electrons. The molecular weight excluding hydrogens is 707 g/mol. The van der Waals surface area contributed by atoms with Crippen LogP contribution in [0.15, 0.2) is 206 Å². The number of aromatic nitrogens is 2. The summed E-state index contributed by atoms with van der Waals surface area (Å²) < 4.78 is 40.6. The summed E-state index contributed by atoms with van der Waals surface area (Å²) in [5.41, 5.74) is 6.49. The van der Waals surface area contributed by atoms with E-state index in [2.05, 4.69) is 154 Å². The number of fused-ring (bicyclic) bond motifs is 2. The van der Waals surface area contributed by atoms with Gasteiger partial charge < -0.3 is 18.9 Å². The number of rotatable bonds is 7. The monoisotopic (exact) mass is 750 g/mol. The van der Waals surface area contributed by atoms with E-state index >= 15 is 0 Å². The predicted octanol–water partition coefficient (Wildman–Crippen LogP) is 8.59. The highest BCUT2D eigenvalue weighted by molar-refractivity contribution is 7.14. The largest absolute Gasteiger partial charge is 0.456 e. The van der Waals surface area contributed by atoms with E-state index in [0.29, 0.717) is 34.0 Å². The van der Waals surface area contributed by atoms with Crippen molar-refractivity contribution in [2.75, 3.05) is 14.2 Å². The van der Waals surface area contributed by atoms with Crippen molar-refractivity contribution in [1.82, 2.24) is 9.97 Å². The van der Waals surface area contributed by atoms with Gasteiger partial charge in [-0.05, 0) is 65.5 Å². The minimum atomic E-state index is -2.37. The summed E-state index contributed by atoms with van der Waals surface area (Å²) in [5, 5.41) is 0. The van der Waals surface area contributed by atoms with E-state index in [-0.39, 0.29) is 14.0 Å². The van der Waals surface area contributed by atoms with Crippen LogP contribution in [-0.2, 0) is 5.41 Å². The molecule has 2 aliphatic rings. The Bertz CT molecular complexity index is 2700. The molecule has 7 aromatic carbocycles. The summed E-state index contributed by atoms with van der Waals surface area (Å²) in [6.45, 7) is -1.76. The van der Waals surface area contributed by atoms with Gasteiger partial charge in [0.15, 0.2) is 5.82 Å². The molecule has 1 atom stereocenters. The molecule has 3 heterocycles. The zero-order valence-electron chi connectivity index (χ0n) is 35.0. The van der Waals surface area contributed by atoms with Gasteiger partial charge in [-0.1, -0.05) is 159 Å². The summed E-state index contributed by atoms with van der Waals surface area (Å²) >= 11 is 0. The van der Waals surface area contributed by atoms with E-state index in [1.807, 2.05) is 66.9 Å². The number of para-hydroxylation sites is 5. The molecular formula is C49H40B3N5O. The van der Waals surface area contributed by atoms with Gasteiger partial charge in [0.2, 0.25) is 0 Å². The third-order valence-corrected chi connectivity index (χ3v) is 11.3. The van der Waals surface area contributed by atoms with E-state index in [1.54, 1.807) is 6.92 Å². The van der Waals surface area contributed by atoms with Crippen LogP contribution >= 0.6 is 0 Å². The van der Waals surface area contributed by atoms with Crippen LogP contribution in [0.25, 0.3) is 11.4 Å². The summed E-state index contributed by atoms with van der Waals surface area (Å²) in [6, 6.07) is 68.1. The van der Waals surface area contributed by atoms with Crippen molar-refractivity contribution in [3.63, 3.8) is 0 Å². The first-order valence-corrected chi connectivity index (χ1v) is 19.7. The van der Waals surface area contributed by atoms with Crippen molar-refractivity contribution in [3.05, 3.63) is 218 Å². The van der Waals surface area contributed by atoms with E-state index in [9.17, 15) is 0 Å². The second-order valence-corrected chi connectivity index (χ2v) is 14.9. The van der Waals surface area contributed by atoms with Crippen molar-refractivity contribution < 1.29 is 8.85 Å². The molecule has 1 saturated heterocycles. The lowest BCUT2D eigenvalue weighted by atomic mass is 9.37. The van der Waals surface area contributed by atoms with Crippen molar-refractivity contribution in [1.29, 1.82) is 0 Å². The van der Waals surface area contributed by atoms with Crippen LogP contribution < -0.4 is 35.4 Å². The third kappa shape index (κ3) is 6.11. The Morgan fingerprint density at radius 3 is 1.50 bits per heavy atom. The molecule has 8 aromatic rings. The van der Waals surface area contributed by atoms with Crippen molar-refractivity contribution in [2.45, 2.75) is 19.2 Å². The van der Waals surface area contributed by atoms with Crippen LogP contribution in [-0.4, -0.2) is 30.9 Å². The Morgan fingerprint density at radius 1 is 0.500 bits per heavy atom. The Balaban J connectivity index is 1.25. The fourth-order valence-electron chi connectivity index (χ4n) is 8.72. The topological polar surface area (TPSA) is 44.7 Å². The second-order valence-electron chi connectivity index (χ2n) is 14.9. The van der Waals surface area contributed by atoms with E-state index < -0.39 is 19.2 Å². The van der Waals surface area contributed by atoms with Crippen LogP contribution in [0, 0.1) is 0 Å². The number of nitrogens with zero attached hydrogens (tertiary/aromatic N) is 5. The smallest absolute Gasteiger partial charge is 0.408 e. The zero-order valence-corrected chi connectivity index (χ0v) is 32.0. The van der Waals surface area contributed by atoms with E-state index in [0.717, 1.165) is 33.6 Å².